The summed E-state index contributed by atoms with van der Waals surface area (Å²) < 4.78 is 5.08. The second-order valence-electron chi connectivity index (χ2n) is 3.77. The highest BCUT2D eigenvalue weighted by molar-refractivity contribution is 5.74. The molecule has 0 radical (unpaired) electrons. The molecule has 0 aliphatic heterocycles. The number of ether oxygens (including phenoxy) is 1. The van der Waals surface area contributed by atoms with Crippen LogP contribution in [0.2, 0.25) is 0 Å². The molecular formula is C14H13N3O. The van der Waals surface area contributed by atoms with E-state index < -0.39 is 0 Å². The minimum absolute atomic E-state index is 0.570. The van der Waals surface area contributed by atoms with Gasteiger partial charge in [-0.15, -0.1) is 0 Å². The lowest BCUT2D eigenvalue weighted by molar-refractivity contribution is 0.415. The highest BCUT2D eigenvalue weighted by Crippen LogP contribution is 2.25. The van der Waals surface area contributed by atoms with Gasteiger partial charge in [0.25, 0.3) is 0 Å². The Morgan fingerprint density at radius 3 is 2.50 bits per heavy atom. The number of nitrogens with zero attached hydrogens (tertiary/aromatic N) is 1. The average Bonchev–Trinajstić information content (AvgIpc) is 2.42. The van der Waals surface area contributed by atoms with Gasteiger partial charge in [0.05, 0.1) is 30.1 Å². The van der Waals surface area contributed by atoms with Crippen LogP contribution in [0.5, 0.6) is 5.75 Å². The van der Waals surface area contributed by atoms with E-state index in [1.54, 1.807) is 25.3 Å². The molecule has 3 N–H and O–H groups in total. The second kappa shape index (κ2) is 5.11. The molecule has 0 fully saturated rings. The van der Waals surface area contributed by atoms with Crippen molar-refractivity contribution in [2.24, 2.45) is 0 Å². The predicted octanol–water partition coefficient (Wildman–Crippen LogP) is 2.89. The van der Waals surface area contributed by atoms with Crippen LogP contribution in [0.1, 0.15) is 5.56 Å². The van der Waals surface area contributed by atoms with Gasteiger partial charge in [-0.05, 0) is 42.5 Å². The summed E-state index contributed by atoms with van der Waals surface area (Å²) in [5, 5.41) is 12.0. The molecule has 4 heteroatoms. The first-order valence-corrected chi connectivity index (χ1v) is 5.43. The van der Waals surface area contributed by atoms with Crippen LogP contribution in [0.4, 0.5) is 17.1 Å². The zero-order chi connectivity index (χ0) is 13.0. The van der Waals surface area contributed by atoms with Crippen LogP contribution in [-0.2, 0) is 0 Å². The van der Waals surface area contributed by atoms with Crippen molar-refractivity contribution in [3.63, 3.8) is 0 Å². The first-order valence-electron chi connectivity index (χ1n) is 5.43. The highest BCUT2D eigenvalue weighted by Gasteiger charge is 2.02. The molecule has 0 aliphatic carbocycles. The van der Waals surface area contributed by atoms with Gasteiger partial charge in [0.1, 0.15) is 5.75 Å². The van der Waals surface area contributed by atoms with Crippen molar-refractivity contribution < 1.29 is 4.74 Å². The second-order valence-corrected chi connectivity index (χ2v) is 3.77. The number of nitrogens with one attached hydrogen (secondary N) is 1. The molecule has 0 unspecified atom stereocenters. The quantitative estimate of drug-likeness (QED) is 0.808. The zero-order valence-corrected chi connectivity index (χ0v) is 9.97. The molecule has 0 atom stereocenters. The first-order chi connectivity index (χ1) is 8.72. The van der Waals surface area contributed by atoms with Crippen molar-refractivity contribution in [3.05, 3.63) is 48.0 Å². The van der Waals surface area contributed by atoms with Crippen LogP contribution in [0.15, 0.2) is 42.5 Å². The Bertz CT molecular complexity index is 585. The van der Waals surface area contributed by atoms with Crippen molar-refractivity contribution in [2.45, 2.75) is 0 Å². The normalized spacial score (nSPS) is 9.56. The van der Waals surface area contributed by atoms with Crippen LogP contribution in [-0.4, -0.2) is 7.11 Å². The van der Waals surface area contributed by atoms with Crippen molar-refractivity contribution in [2.75, 3.05) is 18.2 Å². The summed E-state index contributed by atoms with van der Waals surface area (Å²) in [7, 11) is 1.62. The topological polar surface area (TPSA) is 71.1 Å². The number of methoxy groups -OCH3 is 1. The van der Waals surface area contributed by atoms with Crippen molar-refractivity contribution in [1.29, 1.82) is 5.26 Å². The van der Waals surface area contributed by atoms with E-state index in [0.717, 1.165) is 17.1 Å². The van der Waals surface area contributed by atoms with Crippen LogP contribution < -0.4 is 15.8 Å². The first kappa shape index (κ1) is 11.8. The van der Waals surface area contributed by atoms with Gasteiger partial charge in [0.2, 0.25) is 0 Å². The number of benzene rings is 2. The maximum atomic E-state index is 8.85. The summed E-state index contributed by atoms with van der Waals surface area (Å²) in [4.78, 5) is 0. The predicted molar refractivity (Wildman–Crippen MR) is 71.8 cm³/mol. The van der Waals surface area contributed by atoms with Crippen molar-refractivity contribution >= 4 is 17.1 Å². The van der Waals surface area contributed by atoms with E-state index in [2.05, 4.69) is 11.4 Å². The van der Waals surface area contributed by atoms with E-state index in [4.69, 9.17) is 15.7 Å². The minimum atomic E-state index is 0.570. The molecule has 0 saturated heterocycles. The summed E-state index contributed by atoms with van der Waals surface area (Å²) in [6.07, 6.45) is 0. The molecule has 0 bridgehead atoms. The minimum Gasteiger partial charge on any atom is -0.497 e. The number of rotatable bonds is 3. The number of hydrogen-bond donors (Lipinski definition) is 2. The standard InChI is InChI=1S/C14H13N3O/c1-18-12-5-3-11(4-6-12)17-14-8-10(9-15)2-7-13(14)16/h2-8,17H,16H2,1H3. The van der Waals surface area contributed by atoms with Crippen LogP contribution in [0.25, 0.3) is 0 Å². The molecule has 0 saturated carbocycles. The molecule has 4 nitrogen and oxygen atoms in total. The van der Waals surface area contributed by atoms with E-state index >= 15 is 0 Å². The maximum absolute atomic E-state index is 8.85. The van der Waals surface area contributed by atoms with E-state index in [1.807, 2.05) is 24.3 Å². The number of nitriles is 1. The van der Waals surface area contributed by atoms with Gasteiger partial charge in [-0.3, -0.25) is 0 Å². The lowest BCUT2D eigenvalue weighted by atomic mass is 10.2. The number of anilines is 3. The fraction of sp³-hybridized carbons (Fsp3) is 0.0714. The van der Waals surface area contributed by atoms with E-state index in [9.17, 15) is 0 Å². The Morgan fingerprint density at radius 1 is 1.17 bits per heavy atom. The number of nitrogen functional groups attached to an aromatic ring is 1. The molecule has 0 amide bonds. The fourth-order valence-corrected chi connectivity index (χ4v) is 1.56. The molecule has 0 aromatic heterocycles. The Labute approximate surface area is 106 Å². The number of nitrogens with two attached hydrogens (primary N) is 1. The molecular weight excluding hydrogens is 226 g/mol. The molecule has 18 heavy (non-hydrogen) atoms. The SMILES string of the molecule is COc1ccc(Nc2cc(C#N)ccc2N)cc1. The third kappa shape index (κ3) is 2.53. The molecule has 2 aromatic carbocycles. The third-order valence-electron chi connectivity index (χ3n) is 2.55. The van der Waals surface area contributed by atoms with E-state index in [1.165, 1.54) is 0 Å². The Hall–Kier alpha value is -2.67. The highest BCUT2D eigenvalue weighted by atomic mass is 16.5. The molecule has 2 rings (SSSR count). The summed E-state index contributed by atoms with van der Waals surface area (Å²) in [5.41, 5.74) is 8.63. The van der Waals surface area contributed by atoms with Crippen molar-refractivity contribution in [1.82, 2.24) is 0 Å². The summed E-state index contributed by atoms with van der Waals surface area (Å²) >= 11 is 0. The van der Waals surface area contributed by atoms with Gasteiger partial charge in [-0.2, -0.15) is 5.26 Å². The fourth-order valence-electron chi connectivity index (χ4n) is 1.56. The summed E-state index contributed by atoms with van der Waals surface area (Å²) in [5.74, 6) is 0.791. The Morgan fingerprint density at radius 2 is 1.89 bits per heavy atom. The lowest BCUT2D eigenvalue weighted by Gasteiger charge is -2.10. The Kier molecular flexibility index (Phi) is 3.35. The smallest absolute Gasteiger partial charge is 0.119 e. The zero-order valence-electron chi connectivity index (χ0n) is 9.97. The van der Waals surface area contributed by atoms with E-state index in [0.29, 0.717) is 11.3 Å². The maximum Gasteiger partial charge on any atom is 0.119 e. The Balaban J connectivity index is 2.25. The van der Waals surface area contributed by atoms with Crippen molar-refractivity contribution in [3.8, 4) is 11.8 Å². The molecule has 0 heterocycles. The van der Waals surface area contributed by atoms with Gasteiger partial charge in [0.15, 0.2) is 0 Å². The van der Waals surface area contributed by atoms with Gasteiger partial charge in [-0.25, -0.2) is 0 Å². The van der Waals surface area contributed by atoms with Crippen LogP contribution >= 0.6 is 0 Å². The third-order valence-corrected chi connectivity index (χ3v) is 2.55. The van der Waals surface area contributed by atoms with Gasteiger partial charge in [0, 0.05) is 5.69 Å². The summed E-state index contributed by atoms with van der Waals surface area (Å²) in [6, 6.07) is 14.7. The molecule has 90 valence electrons. The average molecular weight is 239 g/mol. The molecule has 0 spiro atoms. The van der Waals surface area contributed by atoms with Crippen LogP contribution in [0, 0.1) is 11.3 Å². The molecule has 2 aromatic rings. The summed E-state index contributed by atoms with van der Waals surface area (Å²) in [6.45, 7) is 0. The van der Waals surface area contributed by atoms with Gasteiger partial charge in [-0.1, -0.05) is 0 Å². The van der Waals surface area contributed by atoms with E-state index in [-0.39, 0.29) is 0 Å². The largest absolute Gasteiger partial charge is 0.497 e. The molecule has 0 aliphatic rings. The van der Waals surface area contributed by atoms with Crippen LogP contribution in [0.3, 0.4) is 0 Å². The monoisotopic (exact) mass is 239 g/mol. The number of hydrogen-bond acceptors (Lipinski definition) is 4. The lowest BCUT2D eigenvalue weighted by Crippen LogP contribution is -1.96. The van der Waals surface area contributed by atoms with Gasteiger partial charge < -0.3 is 15.8 Å². The van der Waals surface area contributed by atoms with Gasteiger partial charge >= 0.3 is 0 Å².